The first-order valence-corrected chi connectivity index (χ1v) is 6.17. The minimum atomic E-state index is 0.565. The molecule has 0 bridgehead atoms. The zero-order valence-corrected chi connectivity index (χ0v) is 10.6. The fourth-order valence-corrected chi connectivity index (χ4v) is 1.84. The molecule has 0 aliphatic heterocycles. The number of anilines is 1. The molecule has 0 unspecified atom stereocenters. The monoisotopic (exact) mass is 249 g/mol. The highest BCUT2D eigenvalue weighted by Crippen LogP contribution is 2.11. The lowest BCUT2D eigenvalue weighted by Gasteiger charge is -2.05. The Morgan fingerprint density at radius 3 is 2.59 bits per heavy atom. The molecule has 0 fully saturated rings. The van der Waals surface area contributed by atoms with Gasteiger partial charge in [0.25, 0.3) is 0 Å². The van der Waals surface area contributed by atoms with E-state index in [0.717, 1.165) is 24.2 Å². The van der Waals surface area contributed by atoms with E-state index in [2.05, 4.69) is 22.5 Å². The number of hydrogen-bond donors (Lipinski definition) is 1. The number of alkyl halides is 1. The average molecular weight is 250 g/mol. The van der Waals surface area contributed by atoms with Crippen LogP contribution in [-0.2, 0) is 19.3 Å². The Bertz CT molecular complexity index is 462. The Kier molecular flexibility index (Phi) is 4.04. The topological polar surface area (TPSA) is 29.9 Å². The van der Waals surface area contributed by atoms with E-state index >= 15 is 0 Å². The first kappa shape index (κ1) is 12.0. The third kappa shape index (κ3) is 3.49. The average Bonchev–Trinajstić information content (AvgIpc) is 2.76. The van der Waals surface area contributed by atoms with Gasteiger partial charge in [-0.15, -0.1) is 11.6 Å². The summed E-state index contributed by atoms with van der Waals surface area (Å²) < 4.78 is 1.82. The molecular weight excluding hydrogens is 234 g/mol. The van der Waals surface area contributed by atoms with Crippen LogP contribution < -0.4 is 5.32 Å². The van der Waals surface area contributed by atoms with Crippen LogP contribution in [-0.4, -0.2) is 16.3 Å². The SMILES string of the molecule is Cn1cc(CCNc2ccc(CCl)cc2)cn1. The lowest BCUT2D eigenvalue weighted by Crippen LogP contribution is -2.04. The number of aromatic nitrogens is 2. The Balaban J connectivity index is 1.81. The number of halogens is 1. The summed E-state index contributed by atoms with van der Waals surface area (Å²) in [5.74, 6) is 0.565. The molecule has 1 aromatic carbocycles. The third-order valence-electron chi connectivity index (χ3n) is 2.61. The normalized spacial score (nSPS) is 10.5. The van der Waals surface area contributed by atoms with E-state index in [4.69, 9.17) is 11.6 Å². The summed E-state index contributed by atoms with van der Waals surface area (Å²) in [7, 11) is 1.93. The molecule has 2 aromatic rings. The van der Waals surface area contributed by atoms with Crippen molar-refractivity contribution in [3.8, 4) is 0 Å². The molecular formula is C13H16ClN3. The van der Waals surface area contributed by atoms with Crippen LogP contribution in [0.2, 0.25) is 0 Å². The highest BCUT2D eigenvalue weighted by atomic mass is 35.5. The molecule has 0 spiro atoms. The lowest BCUT2D eigenvalue weighted by atomic mass is 10.2. The van der Waals surface area contributed by atoms with Gasteiger partial charge < -0.3 is 5.32 Å². The van der Waals surface area contributed by atoms with Crippen LogP contribution in [0.3, 0.4) is 0 Å². The smallest absolute Gasteiger partial charge is 0.0522 e. The van der Waals surface area contributed by atoms with Crippen LogP contribution in [0.5, 0.6) is 0 Å². The van der Waals surface area contributed by atoms with Crippen LogP contribution in [0.1, 0.15) is 11.1 Å². The molecule has 3 nitrogen and oxygen atoms in total. The number of aryl methyl sites for hydroxylation is 1. The minimum Gasteiger partial charge on any atom is -0.385 e. The van der Waals surface area contributed by atoms with E-state index in [0.29, 0.717) is 5.88 Å². The Labute approximate surface area is 106 Å². The van der Waals surface area contributed by atoms with Crippen molar-refractivity contribution in [1.82, 2.24) is 9.78 Å². The molecule has 4 heteroatoms. The molecule has 1 aromatic heterocycles. The molecule has 0 atom stereocenters. The van der Waals surface area contributed by atoms with Crippen molar-refractivity contribution in [2.45, 2.75) is 12.3 Å². The molecule has 0 amide bonds. The Morgan fingerprint density at radius 2 is 2.00 bits per heavy atom. The van der Waals surface area contributed by atoms with Gasteiger partial charge in [0, 0.05) is 31.4 Å². The van der Waals surface area contributed by atoms with Gasteiger partial charge in [-0.05, 0) is 29.7 Å². The predicted molar refractivity (Wildman–Crippen MR) is 71.4 cm³/mol. The summed E-state index contributed by atoms with van der Waals surface area (Å²) in [5, 5.41) is 7.51. The largest absolute Gasteiger partial charge is 0.385 e. The van der Waals surface area contributed by atoms with Gasteiger partial charge in [-0.3, -0.25) is 4.68 Å². The Hall–Kier alpha value is -1.48. The van der Waals surface area contributed by atoms with Gasteiger partial charge in [0.15, 0.2) is 0 Å². The fourth-order valence-electron chi connectivity index (χ4n) is 1.66. The van der Waals surface area contributed by atoms with Gasteiger partial charge in [0.05, 0.1) is 6.20 Å². The molecule has 0 aliphatic carbocycles. The van der Waals surface area contributed by atoms with E-state index in [1.165, 1.54) is 5.56 Å². The van der Waals surface area contributed by atoms with E-state index in [1.807, 2.05) is 36.3 Å². The second-order valence-corrected chi connectivity index (χ2v) is 4.30. The van der Waals surface area contributed by atoms with Crippen LogP contribution in [0, 0.1) is 0 Å². The van der Waals surface area contributed by atoms with Crippen LogP contribution in [0.15, 0.2) is 36.7 Å². The highest BCUT2D eigenvalue weighted by Gasteiger charge is 1.97. The quantitative estimate of drug-likeness (QED) is 0.826. The van der Waals surface area contributed by atoms with Gasteiger partial charge in [-0.2, -0.15) is 5.10 Å². The number of hydrogen-bond acceptors (Lipinski definition) is 2. The van der Waals surface area contributed by atoms with Crippen molar-refractivity contribution >= 4 is 17.3 Å². The molecule has 90 valence electrons. The zero-order valence-electron chi connectivity index (χ0n) is 9.86. The summed E-state index contributed by atoms with van der Waals surface area (Å²) >= 11 is 5.74. The third-order valence-corrected chi connectivity index (χ3v) is 2.92. The number of rotatable bonds is 5. The number of nitrogens with zero attached hydrogens (tertiary/aromatic N) is 2. The maximum Gasteiger partial charge on any atom is 0.0522 e. The summed E-state index contributed by atoms with van der Waals surface area (Å²) in [5.41, 5.74) is 3.52. The lowest BCUT2D eigenvalue weighted by molar-refractivity contribution is 0.767. The van der Waals surface area contributed by atoms with E-state index in [-0.39, 0.29) is 0 Å². The standard InChI is InChI=1S/C13H16ClN3/c1-17-10-12(9-16-17)6-7-15-13-4-2-11(8-14)3-5-13/h2-5,9-10,15H,6-8H2,1H3. The molecule has 2 rings (SSSR count). The van der Waals surface area contributed by atoms with E-state index in [1.54, 1.807) is 0 Å². The van der Waals surface area contributed by atoms with E-state index in [9.17, 15) is 0 Å². The van der Waals surface area contributed by atoms with Crippen molar-refractivity contribution in [2.24, 2.45) is 7.05 Å². The summed E-state index contributed by atoms with van der Waals surface area (Å²) in [6, 6.07) is 8.20. The highest BCUT2D eigenvalue weighted by molar-refractivity contribution is 6.17. The molecule has 0 saturated heterocycles. The number of nitrogens with one attached hydrogen (secondary N) is 1. The van der Waals surface area contributed by atoms with Gasteiger partial charge in [0.2, 0.25) is 0 Å². The maximum atomic E-state index is 5.74. The zero-order chi connectivity index (χ0) is 12.1. The first-order chi connectivity index (χ1) is 8.28. The predicted octanol–water partition coefficient (Wildman–Crippen LogP) is 2.81. The first-order valence-electron chi connectivity index (χ1n) is 5.64. The number of benzene rings is 1. The maximum absolute atomic E-state index is 5.74. The van der Waals surface area contributed by atoms with E-state index < -0.39 is 0 Å². The van der Waals surface area contributed by atoms with Crippen molar-refractivity contribution in [3.63, 3.8) is 0 Å². The van der Waals surface area contributed by atoms with Crippen molar-refractivity contribution < 1.29 is 0 Å². The molecule has 0 saturated carbocycles. The van der Waals surface area contributed by atoms with Crippen molar-refractivity contribution in [3.05, 3.63) is 47.8 Å². The summed E-state index contributed by atoms with van der Waals surface area (Å²) in [6.45, 7) is 0.909. The Morgan fingerprint density at radius 1 is 1.24 bits per heavy atom. The summed E-state index contributed by atoms with van der Waals surface area (Å²) in [4.78, 5) is 0. The summed E-state index contributed by atoms with van der Waals surface area (Å²) in [6.07, 6.45) is 4.92. The van der Waals surface area contributed by atoms with Gasteiger partial charge >= 0.3 is 0 Å². The van der Waals surface area contributed by atoms with Crippen LogP contribution in [0.4, 0.5) is 5.69 Å². The molecule has 1 N–H and O–H groups in total. The van der Waals surface area contributed by atoms with Crippen LogP contribution >= 0.6 is 11.6 Å². The van der Waals surface area contributed by atoms with Gasteiger partial charge in [-0.1, -0.05) is 12.1 Å². The van der Waals surface area contributed by atoms with Crippen molar-refractivity contribution in [1.29, 1.82) is 0 Å². The molecule has 1 heterocycles. The molecule has 0 aliphatic rings. The van der Waals surface area contributed by atoms with Crippen LogP contribution in [0.25, 0.3) is 0 Å². The fraction of sp³-hybridized carbons (Fsp3) is 0.308. The second-order valence-electron chi connectivity index (χ2n) is 4.03. The second kappa shape index (κ2) is 5.73. The van der Waals surface area contributed by atoms with Gasteiger partial charge in [0.1, 0.15) is 0 Å². The van der Waals surface area contributed by atoms with Crippen molar-refractivity contribution in [2.75, 3.05) is 11.9 Å². The molecule has 0 radical (unpaired) electrons. The van der Waals surface area contributed by atoms with Gasteiger partial charge in [-0.25, -0.2) is 0 Å². The minimum absolute atomic E-state index is 0.565. The molecule has 17 heavy (non-hydrogen) atoms.